The molecular formula is C54H40N2. The van der Waals surface area contributed by atoms with Crippen LogP contribution in [0.3, 0.4) is 0 Å². The molecule has 0 bridgehead atoms. The SMILES string of the molecule is CC1C=CC=C(c2cc(-n3c4cccc5c4c4c(c6c7ccccc7n(-c7ccccc7)c6cc43)C3=CC=CC4(C)CC=CC5=C34)ccc2-c2ccccc2)C1. The van der Waals surface area contributed by atoms with Crippen molar-refractivity contribution in [2.24, 2.45) is 11.3 Å². The molecular weight excluding hydrogens is 677 g/mol. The molecule has 0 fully saturated rings. The summed E-state index contributed by atoms with van der Waals surface area (Å²) in [5, 5.41) is 5.29. The van der Waals surface area contributed by atoms with E-state index < -0.39 is 0 Å². The van der Waals surface area contributed by atoms with Gasteiger partial charge >= 0.3 is 0 Å². The van der Waals surface area contributed by atoms with Crippen molar-refractivity contribution in [2.75, 3.05) is 0 Å². The molecule has 0 N–H and O–H groups in total. The van der Waals surface area contributed by atoms with Gasteiger partial charge in [0.05, 0.1) is 22.1 Å². The molecule has 0 aliphatic heterocycles. The molecule has 0 radical (unpaired) electrons. The smallest absolute Gasteiger partial charge is 0.0568 e. The number of hydrogen-bond acceptors (Lipinski definition) is 0. The molecule has 56 heavy (non-hydrogen) atoms. The summed E-state index contributed by atoms with van der Waals surface area (Å²) in [6.45, 7) is 4.76. The Balaban J connectivity index is 1.28. The number of fused-ring (bicyclic) bond motifs is 6. The van der Waals surface area contributed by atoms with Gasteiger partial charge in [0.1, 0.15) is 0 Å². The van der Waals surface area contributed by atoms with Crippen LogP contribution in [-0.2, 0) is 0 Å². The van der Waals surface area contributed by atoms with Gasteiger partial charge in [-0.2, -0.15) is 0 Å². The lowest BCUT2D eigenvalue weighted by Gasteiger charge is -2.37. The molecule has 4 aliphatic carbocycles. The van der Waals surface area contributed by atoms with E-state index in [4.69, 9.17) is 0 Å². The number of benzene rings is 6. The van der Waals surface area contributed by atoms with Crippen LogP contribution in [0.1, 0.15) is 43.4 Å². The standard InChI is InChI=1S/C54H40N2/c1-34-15-11-18-36(31-34)44-32-38(27-28-39(44)35-16-5-3-6-17-35)56-46-26-12-22-40-41-23-13-29-54(2)30-14-24-43(53(41)54)51-50-42-21-9-10-25-45(42)55(37-19-7-4-8-20-37)47(50)33-48(56)52(51)49(40)46/h3-28,30,32-34H,29,31H2,1-2H3. The number of nitrogens with zero attached hydrogens (tertiary/aromatic N) is 2. The summed E-state index contributed by atoms with van der Waals surface area (Å²) in [5.41, 5.74) is 19.2. The summed E-state index contributed by atoms with van der Waals surface area (Å²) in [6, 6.07) is 47.5. The highest BCUT2D eigenvalue weighted by molar-refractivity contribution is 6.30. The second-order valence-electron chi connectivity index (χ2n) is 16.4. The minimum atomic E-state index is -0.0937. The van der Waals surface area contributed by atoms with Crippen molar-refractivity contribution in [1.29, 1.82) is 0 Å². The first-order valence-electron chi connectivity index (χ1n) is 20.1. The fourth-order valence-corrected chi connectivity index (χ4v) is 10.5. The van der Waals surface area contributed by atoms with E-state index >= 15 is 0 Å². The molecule has 2 atom stereocenters. The van der Waals surface area contributed by atoms with Gasteiger partial charge < -0.3 is 9.13 Å². The van der Waals surface area contributed by atoms with Gasteiger partial charge in [-0.25, -0.2) is 0 Å². The van der Waals surface area contributed by atoms with Crippen LogP contribution in [-0.4, -0.2) is 9.13 Å². The van der Waals surface area contributed by atoms with E-state index in [0.29, 0.717) is 5.92 Å². The highest BCUT2D eigenvalue weighted by atomic mass is 15.0. The second-order valence-corrected chi connectivity index (χ2v) is 16.4. The van der Waals surface area contributed by atoms with Gasteiger partial charge in [-0.1, -0.05) is 147 Å². The molecule has 0 saturated carbocycles. The minimum absolute atomic E-state index is 0.0937. The van der Waals surface area contributed by atoms with Crippen LogP contribution < -0.4 is 0 Å². The fraction of sp³-hybridized carbons (Fsp3) is 0.111. The molecule has 6 aromatic carbocycles. The first-order chi connectivity index (χ1) is 27.6. The second kappa shape index (κ2) is 11.7. The van der Waals surface area contributed by atoms with E-state index in [-0.39, 0.29) is 5.41 Å². The zero-order valence-electron chi connectivity index (χ0n) is 31.6. The number of rotatable bonds is 4. The molecule has 2 nitrogen and oxygen atoms in total. The zero-order chi connectivity index (χ0) is 37.1. The number of hydrogen-bond donors (Lipinski definition) is 0. The van der Waals surface area contributed by atoms with E-state index in [1.54, 1.807) is 0 Å². The maximum Gasteiger partial charge on any atom is 0.0568 e. The number of allylic oxidation sites excluding steroid dienone is 12. The summed E-state index contributed by atoms with van der Waals surface area (Å²) in [4.78, 5) is 0. The van der Waals surface area contributed by atoms with Gasteiger partial charge in [0.15, 0.2) is 0 Å². The van der Waals surface area contributed by atoms with Gasteiger partial charge in [-0.05, 0) is 106 Å². The third kappa shape index (κ3) is 4.33. The first-order valence-corrected chi connectivity index (χ1v) is 20.1. The Labute approximate surface area is 327 Å². The van der Waals surface area contributed by atoms with Crippen LogP contribution in [0.2, 0.25) is 0 Å². The Morgan fingerprint density at radius 3 is 2.23 bits per heavy atom. The molecule has 0 amide bonds. The quantitative estimate of drug-likeness (QED) is 0.172. The predicted molar refractivity (Wildman–Crippen MR) is 237 cm³/mol. The highest BCUT2D eigenvalue weighted by Gasteiger charge is 2.39. The normalized spacial score (nSPS) is 19.6. The van der Waals surface area contributed by atoms with E-state index in [9.17, 15) is 0 Å². The van der Waals surface area contributed by atoms with Crippen molar-refractivity contribution in [1.82, 2.24) is 9.13 Å². The van der Waals surface area contributed by atoms with Gasteiger partial charge in [0, 0.05) is 43.9 Å². The van der Waals surface area contributed by atoms with E-state index in [1.807, 2.05) is 0 Å². The van der Waals surface area contributed by atoms with Crippen LogP contribution in [0, 0.1) is 11.3 Å². The summed E-state index contributed by atoms with van der Waals surface area (Å²) < 4.78 is 5.06. The first kappa shape index (κ1) is 31.7. The van der Waals surface area contributed by atoms with E-state index in [2.05, 4.69) is 199 Å². The minimum Gasteiger partial charge on any atom is -0.309 e. The Morgan fingerprint density at radius 1 is 0.607 bits per heavy atom. The molecule has 2 heteroatoms. The lowest BCUT2D eigenvalue weighted by molar-refractivity contribution is 0.534. The Kier molecular flexibility index (Phi) is 6.61. The molecule has 12 rings (SSSR count). The highest BCUT2D eigenvalue weighted by Crippen LogP contribution is 2.58. The Bertz CT molecular complexity index is 3190. The van der Waals surface area contributed by atoms with Crippen LogP contribution in [0.5, 0.6) is 0 Å². The maximum absolute atomic E-state index is 2.57. The van der Waals surface area contributed by atoms with Gasteiger partial charge in [-0.15, -0.1) is 0 Å². The molecule has 0 spiro atoms. The van der Waals surface area contributed by atoms with E-state index in [0.717, 1.165) is 12.8 Å². The number of aromatic nitrogens is 2. The van der Waals surface area contributed by atoms with Crippen molar-refractivity contribution in [2.45, 2.75) is 26.7 Å². The monoisotopic (exact) mass is 716 g/mol. The lowest BCUT2D eigenvalue weighted by atomic mass is 9.67. The van der Waals surface area contributed by atoms with Crippen LogP contribution in [0.25, 0.3) is 82.8 Å². The molecule has 0 saturated heterocycles. The van der Waals surface area contributed by atoms with Crippen LogP contribution >= 0.6 is 0 Å². The van der Waals surface area contributed by atoms with Crippen molar-refractivity contribution in [3.05, 3.63) is 198 Å². The summed E-state index contributed by atoms with van der Waals surface area (Å²) >= 11 is 0. The third-order valence-corrected chi connectivity index (χ3v) is 12.9. The molecule has 8 aromatic rings. The average molecular weight is 717 g/mol. The lowest BCUT2D eigenvalue weighted by Crippen LogP contribution is -2.22. The van der Waals surface area contributed by atoms with Crippen molar-refractivity contribution >= 4 is 60.3 Å². The van der Waals surface area contributed by atoms with Crippen molar-refractivity contribution < 1.29 is 0 Å². The van der Waals surface area contributed by atoms with Gasteiger partial charge in [-0.3, -0.25) is 0 Å². The van der Waals surface area contributed by atoms with Crippen molar-refractivity contribution in [3.63, 3.8) is 0 Å². The van der Waals surface area contributed by atoms with Crippen LogP contribution in [0.4, 0.5) is 0 Å². The summed E-state index contributed by atoms with van der Waals surface area (Å²) in [6.07, 6.45) is 20.9. The topological polar surface area (TPSA) is 9.86 Å². The Morgan fingerprint density at radius 2 is 1.38 bits per heavy atom. The van der Waals surface area contributed by atoms with Gasteiger partial charge in [0.25, 0.3) is 0 Å². The summed E-state index contributed by atoms with van der Waals surface area (Å²) in [5.74, 6) is 0.487. The zero-order valence-corrected chi connectivity index (χ0v) is 31.6. The Hall–Kier alpha value is -6.64. The molecule has 2 aromatic heterocycles. The number of para-hydroxylation sites is 2. The largest absolute Gasteiger partial charge is 0.309 e. The molecule has 2 heterocycles. The predicted octanol–water partition coefficient (Wildman–Crippen LogP) is 14.2. The fourth-order valence-electron chi connectivity index (χ4n) is 10.5. The average Bonchev–Trinajstić information content (AvgIpc) is 3.71. The maximum atomic E-state index is 2.57. The summed E-state index contributed by atoms with van der Waals surface area (Å²) in [7, 11) is 0. The molecule has 2 unspecified atom stereocenters. The molecule has 4 aliphatic rings. The van der Waals surface area contributed by atoms with Crippen molar-refractivity contribution in [3.8, 4) is 22.5 Å². The van der Waals surface area contributed by atoms with E-state index in [1.165, 1.54) is 105 Å². The molecule has 266 valence electrons. The van der Waals surface area contributed by atoms with Gasteiger partial charge in [0.2, 0.25) is 0 Å². The van der Waals surface area contributed by atoms with Crippen LogP contribution in [0.15, 0.2) is 182 Å². The third-order valence-electron chi connectivity index (χ3n) is 12.9.